The molecule has 1 aliphatic heterocycles. The average Bonchev–Trinajstić information content (AvgIpc) is 3.10. The molecule has 7 nitrogen and oxygen atoms in total. The van der Waals surface area contributed by atoms with Crippen molar-refractivity contribution in [3.63, 3.8) is 0 Å². The van der Waals surface area contributed by atoms with Crippen molar-refractivity contribution in [2.45, 2.75) is 33.1 Å². The number of anilines is 1. The molecule has 0 bridgehead atoms. The third kappa shape index (κ3) is 4.13. The molecule has 27 heavy (non-hydrogen) atoms. The monoisotopic (exact) mass is 372 g/mol. The van der Waals surface area contributed by atoms with Crippen molar-refractivity contribution < 1.29 is 23.9 Å². The van der Waals surface area contributed by atoms with E-state index in [0.717, 1.165) is 19.3 Å². The Morgan fingerprint density at radius 3 is 2.81 bits per heavy atom. The van der Waals surface area contributed by atoms with Crippen molar-refractivity contribution in [3.8, 4) is 0 Å². The van der Waals surface area contributed by atoms with Crippen molar-refractivity contribution >= 4 is 34.4 Å². The summed E-state index contributed by atoms with van der Waals surface area (Å²) in [5.41, 5.74) is 1.03. The summed E-state index contributed by atoms with van der Waals surface area (Å²) in [7, 11) is 0. The standard InChI is InChI=1S/C20H24N2O5/c1-3-12(2)19(24)22-8-4-5-13(11-22)18(23)21-15-6-7-16-14(9-15)10-17(27-16)20(25)26/h6-7,9-10,12-13H,3-5,8,11H2,1-2H3,(H,21,23)(H,25,26). The smallest absolute Gasteiger partial charge is 0.371 e. The number of hydrogen-bond acceptors (Lipinski definition) is 4. The topological polar surface area (TPSA) is 99.9 Å². The number of nitrogens with one attached hydrogen (secondary N) is 1. The first-order chi connectivity index (χ1) is 12.9. The Labute approximate surface area is 157 Å². The molecule has 0 saturated carbocycles. The number of amides is 2. The lowest BCUT2D eigenvalue weighted by molar-refractivity contribution is -0.138. The number of benzene rings is 1. The Bertz CT molecular complexity index is 872. The molecule has 144 valence electrons. The van der Waals surface area contributed by atoms with Crippen molar-refractivity contribution in [2.75, 3.05) is 18.4 Å². The van der Waals surface area contributed by atoms with E-state index in [-0.39, 0.29) is 29.4 Å². The van der Waals surface area contributed by atoms with Gasteiger partial charge in [0.1, 0.15) is 5.58 Å². The number of fused-ring (bicyclic) bond motifs is 1. The van der Waals surface area contributed by atoms with E-state index in [1.54, 1.807) is 23.1 Å². The Kier molecular flexibility index (Phi) is 5.48. The number of carboxylic acid groups (broad SMARTS) is 1. The zero-order valence-corrected chi connectivity index (χ0v) is 15.5. The maximum Gasteiger partial charge on any atom is 0.371 e. The van der Waals surface area contributed by atoms with Gasteiger partial charge in [0.25, 0.3) is 0 Å². The average molecular weight is 372 g/mol. The van der Waals surface area contributed by atoms with Crippen LogP contribution in [-0.4, -0.2) is 40.9 Å². The third-order valence-corrected chi connectivity index (χ3v) is 5.13. The van der Waals surface area contributed by atoms with E-state index in [2.05, 4.69) is 5.32 Å². The number of carbonyl (C=O) groups excluding carboxylic acids is 2. The van der Waals surface area contributed by atoms with Crippen LogP contribution in [0.2, 0.25) is 0 Å². The maximum atomic E-state index is 12.7. The molecule has 0 radical (unpaired) electrons. The molecule has 3 rings (SSSR count). The van der Waals surface area contributed by atoms with Crippen LogP contribution in [0.15, 0.2) is 28.7 Å². The molecule has 1 fully saturated rings. The molecule has 7 heteroatoms. The molecule has 1 aromatic heterocycles. The Morgan fingerprint density at radius 1 is 1.33 bits per heavy atom. The molecule has 2 atom stereocenters. The fourth-order valence-electron chi connectivity index (χ4n) is 3.35. The van der Waals surface area contributed by atoms with Gasteiger partial charge in [-0.25, -0.2) is 4.79 Å². The predicted molar refractivity (Wildman–Crippen MR) is 101 cm³/mol. The van der Waals surface area contributed by atoms with Gasteiger partial charge < -0.3 is 19.7 Å². The second-order valence-electron chi connectivity index (χ2n) is 7.09. The lowest BCUT2D eigenvalue weighted by Crippen LogP contribution is -2.45. The number of furan rings is 1. The number of carbonyl (C=O) groups is 3. The molecular weight excluding hydrogens is 348 g/mol. The van der Waals surface area contributed by atoms with Gasteiger partial charge in [-0.05, 0) is 43.5 Å². The van der Waals surface area contributed by atoms with E-state index in [9.17, 15) is 14.4 Å². The van der Waals surface area contributed by atoms with Crippen LogP contribution in [0, 0.1) is 11.8 Å². The SMILES string of the molecule is CCC(C)C(=O)N1CCCC(C(=O)Nc2ccc3oc(C(=O)O)cc3c2)C1. The van der Waals surface area contributed by atoms with E-state index < -0.39 is 5.97 Å². The quantitative estimate of drug-likeness (QED) is 0.838. The number of piperidine rings is 1. The summed E-state index contributed by atoms with van der Waals surface area (Å²) in [4.78, 5) is 37.8. The second kappa shape index (κ2) is 7.82. The van der Waals surface area contributed by atoms with Crippen LogP contribution in [0.1, 0.15) is 43.7 Å². The van der Waals surface area contributed by atoms with Crippen molar-refractivity contribution in [2.24, 2.45) is 11.8 Å². The van der Waals surface area contributed by atoms with Gasteiger partial charge in [-0.1, -0.05) is 13.8 Å². The van der Waals surface area contributed by atoms with E-state index in [1.807, 2.05) is 13.8 Å². The summed E-state index contributed by atoms with van der Waals surface area (Å²) < 4.78 is 5.22. The molecule has 2 unspecified atom stereocenters. The van der Waals surface area contributed by atoms with Crippen LogP contribution in [0.4, 0.5) is 5.69 Å². The van der Waals surface area contributed by atoms with E-state index >= 15 is 0 Å². The van der Waals surface area contributed by atoms with Crippen LogP contribution < -0.4 is 5.32 Å². The normalized spacial score (nSPS) is 18.3. The van der Waals surface area contributed by atoms with Crippen LogP contribution >= 0.6 is 0 Å². The van der Waals surface area contributed by atoms with E-state index in [4.69, 9.17) is 9.52 Å². The molecule has 1 aliphatic rings. The van der Waals surface area contributed by atoms with Gasteiger partial charge in [0.05, 0.1) is 5.92 Å². The van der Waals surface area contributed by atoms with Gasteiger partial charge in [0.15, 0.2) is 0 Å². The molecular formula is C20H24N2O5. The summed E-state index contributed by atoms with van der Waals surface area (Å²) in [6, 6.07) is 6.44. The summed E-state index contributed by atoms with van der Waals surface area (Å²) in [6.45, 7) is 5.04. The number of hydrogen-bond donors (Lipinski definition) is 2. The maximum absolute atomic E-state index is 12.7. The highest BCUT2D eigenvalue weighted by molar-refractivity contribution is 5.97. The minimum atomic E-state index is -1.13. The van der Waals surface area contributed by atoms with E-state index in [0.29, 0.717) is 29.7 Å². The van der Waals surface area contributed by atoms with Crippen molar-refractivity contribution in [1.82, 2.24) is 4.90 Å². The first-order valence-electron chi connectivity index (χ1n) is 9.25. The van der Waals surface area contributed by atoms with Crippen LogP contribution in [0.5, 0.6) is 0 Å². The Hall–Kier alpha value is -2.83. The molecule has 2 aromatic rings. The number of aromatic carboxylic acids is 1. The summed E-state index contributed by atoms with van der Waals surface area (Å²) in [6.07, 6.45) is 2.34. The van der Waals surface area contributed by atoms with Crippen LogP contribution in [0.3, 0.4) is 0 Å². The van der Waals surface area contributed by atoms with E-state index in [1.165, 1.54) is 6.07 Å². The van der Waals surface area contributed by atoms with Gasteiger partial charge in [-0.3, -0.25) is 9.59 Å². The van der Waals surface area contributed by atoms with Crippen molar-refractivity contribution in [3.05, 3.63) is 30.0 Å². The van der Waals surface area contributed by atoms with Crippen LogP contribution in [0.25, 0.3) is 11.0 Å². The van der Waals surface area contributed by atoms with Gasteiger partial charge in [-0.15, -0.1) is 0 Å². The van der Waals surface area contributed by atoms with Crippen LogP contribution in [-0.2, 0) is 9.59 Å². The lowest BCUT2D eigenvalue weighted by atomic mass is 9.95. The highest BCUT2D eigenvalue weighted by Gasteiger charge is 2.30. The Balaban J connectivity index is 1.68. The first kappa shape index (κ1) is 18.9. The zero-order valence-electron chi connectivity index (χ0n) is 15.5. The lowest BCUT2D eigenvalue weighted by Gasteiger charge is -2.33. The number of rotatable bonds is 5. The number of likely N-dealkylation sites (tertiary alicyclic amines) is 1. The van der Waals surface area contributed by atoms with Gasteiger partial charge in [0, 0.05) is 30.1 Å². The fraction of sp³-hybridized carbons (Fsp3) is 0.450. The Morgan fingerprint density at radius 2 is 2.11 bits per heavy atom. The predicted octanol–water partition coefficient (Wildman–Crippen LogP) is 3.35. The van der Waals surface area contributed by atoms with Gasteiger partial charge in [0.2, 0.25) is 17.6 Å². The van der Waals surface area contributed by atoms with Gasteiger partial charge in [-0.2, -0.15) is 0 Å². The summed E-state index contributed by atoms with van der Waals surface area (Å²) in [5, 5.41) is 12.5. The largest absolute Gasteiger partial charge is 0.475 e. The number of nitrogens with zero attached hydrogens (tertiary/aromatic N) is 1. The summed E-state index contributed by atoms with van der Waals surface area (Å²) in [5.74, 6) is -1.57. The summed E-state index contributed by atoms with van der Waals surface area (Å²) >= 11 is 0. The molecule has 1 saturated heterocycles. The molecule has 1 aromatic carbocycles. The molecule has 2 amide bonds. The second-order valence-corrected chi connectivity index (χ2v) is 7.09. The highest BCUT2D eigenvalue weighted by Crippen LogP contribution is 2.25. The molecule has 2 N–H and O–H groups in total. The molecule has 0 aliphatic carbocycles. The minimum absolute atomic E-state index is 0.0289. The number of carboxylic acids is 1. The fourth-order valence-corrected chi connectivity index (χ4v) is 3.35. The molecule has 0 spiro atoms. The molecule has 2 heterocycles. The highest BCUT2D eigenvalue weighted by atomic mass is 16.4. The zero-order chi connectivity index (χ0) is 19.6. The first-order valence-corrected chi connectivity index (χ1v) is 9.25. The third-order valence-electron chi connectivity index (χ3n) is 5.13. The van der Waals surface area contributed by atoms with Gasteiger partial charge >= 0.3 is 5.97 Å². The van der Waals surface area contributed by atoms with Crippen molar-refractivity contribution in [1.29, 1.82) is 0 Å². The minimum Gasteiger partial charge on any atom is -0.475 e.